The highest BCUT2D eigenvalue weighted by molar-refractivity contribution is 5.51. The number of nitrogens with two attached hydrogens (primary N) is 1. The van der Waals surface area contributed by atoms with E-state index in [9.17, 15) is 0 Å². The maximum Gasteiger partial charge on any atom is 0.120 e. The zero-order valence-corrected chi connectivity index (χ0v) is 10.5. The molecule has 0 atom stereocenters. The molecular weight excluding hydrogens is 212 g/mol. The lowest BCUT2D eigenvalue weighted by molar-refractivity contribution is 0.372. The lowest BCUT2D eigenvalue weighted by Gasteiger charge is -2.23. The van der Waals surface area contributed by atoms with Gasteiger partial charge in [0.2, 0.25) is 0 Å². The highest BCUT2D eigenvalue weighted by atomic mass is 16.5. The van der Waals surface area contributed by atoms with Crippen molar-refractivity contribution >= 4 is 5.69 Å². The summed E-state index contributed by atoms with van der Waals surface area (Å²) in [6.45, 7) is 0.862. The quantitative estimate of drug-likeness (QED) is 0.787. The van der Waals surface area contributed by atoms with Crippen molar-refractivity contribution in [2.45, 2.75) is 44.7 Å². The van der Waals surface area contributed by atoms with Crippen LogP contribution in [0.1, 0.15) is 37.7 Å². The van der Waals surface area contributed by atoms with Crippen LogP contribution in [0.3, 0.4) is 0 Å². The lowest BCUT2D eigenvalue weighted by Crippen LogP contribution is -2.30. The third-order valence-electron chi connectivity index (χ3n) is 3.54. The normalized spacial score (nSPS) is 17.0. The van der Waals surface area contributed by atoms with Gasteiger partial charge < -0.3 is 15.8 Å². The van der Waals surface area contributed by atoms with Gasteiger partial charge in [0.25, 0.3) is 0 Å². The summed E-state index contributed by atoms with van der Waals surface area (Å²) in [6.07, 6.45) is 6.71. The highest BCUT2D eigenvalue weighted by Crippen LogP contribution is 2.21. The van der Waals surface area contributed by atoms with Gasteiger partial charge in [-0.2, -0.15) is 0 Å². The first kappa shape index (κ1) is 12.2. The number of hydrogen-bond donors (Lipinski definition) is 2. The molecule has 1 fully saturated rings. The Balaban J connectivity index is 1.89. The molecule has 0 unspecified atom stereocenters. The van der Waals surface area contributed by atoms with Crippen molar-refractivity contribution in [1.29, 1.82) is 0 Å². The molecule has 0 aliphatic heterocycles. The summed E-state index contributed by atoms with van der Waals surface area (Å²) >= 11 is 0. The number of ether oxygens (including phenoxy) is 1. The fraction of sp³-hybridized carbons (Fsp3) is 0.571. The van der Waals surface area contributed by atoms with E-state index >= 15 is 0 Å². The van der Waals surface area contributed by atoms with Crippen molar-refractivity contribution in [2.24, 2.45) is 0 Å². The standard InChI is InChI=1S/C14H22N2O/c1-17-13-8-7-11(14(15)9-13)10-16-12-5-3-2-4-6-12/h7-9,12,16H,2-6,10,15H2,1H3. The van der Waals surface area contributed by atoms with Crippen LogP contribution < -0.4 is 15.8 Å². The maximum atomic E-state index is 5.99. The molecule has 2 rings (SSSR count). The first-order valence-electron chi connectivity index (χ1n) is 6.45. The Bertz CT molecular complexity index is 359. The molecule has 1 saturated carbocycles. The zero-order valence-electron chi connectivity index (χ0n) is 10.5. The SMILES string of the molecule is COc1ccc(CNC2CCCCC2)c(N)c1. The van der Waals surface area contributed by atoms with Gasteiger partial charge in [0.1, 0.15) is 5.75 Å². The van der Waals surface area contributed by atoms with Gasteiger partial charge in [-0.3, -0.25) is 0 Å². The molecule has 94 valence electrons. The van der Waals surface area contributed by atoms with Crippen LogP contribution in [0.25, 0.3) is 0 Å². The summed E-state index contributed by atoms with van der Waals surface area (Å²) in [6, 6.07) is 6.57. The van der Waals surface area contributed by atoms with Gasteiger partial charge >= 0.3 is 0 Å². The molecule has 0 radical (unpaired) electrons. The Morgan fingerprint density at radius 3 is 2.71 bits per heavy atom. The Hall–Kier alpha value is -1.22. The van der Waals surface area contributed by atoms with E-state index in [0.29, 0.717) is 6.04 Å². The predicted molar refractivity (Wildman–Crippen MR) is 71.1 cm³/mol. The fourth-order valence-corrected chi connectivity index (χ4v) is 2.42. The maximum absolute atomic E-state index is 5.99. The van der Waals surface area contributed by atoms with Crippen LogP contribution in [0.4, 0.5) is 5.69 Å². The minimum Gasteiger partial charge on any atom is -0.497 e. The number of nitrogens with one attached hydrogen (secondary N) is 1. The van der Waals surface area contributed by atoms with Crippen molar-refractivity contribution in [2.75, 3.05) is 12.8 Å². The van der Waals surface area contributed by atoms with E-state index in [1.807, 2.05) is 18.2 Å². The van der Waals surface area contributed by atoms with Crippen LogP contribution in [0.5, 0.6) is 5.75 Å². The summed E-state index contributed by atoms with van der Waals surface area (Å²) < 4.78 is 5.14. The molecule has 1 aliphatic rings. The Labute approximate surface area is 103 Å². The molecule has 0 amide bonds. The average molecular weight is 234 g/mol. The number of hydrogen-bond acceptors (Lipinski definition) is 3. The van der Waals surface area contributed by atoms with Crippen molar-refractivity contribution in [3.63, 3.8) is 0 Å². The molecule has 3 nitrogen and oxygen atoms in total. The summed E-state index contributed by atoms with van der Waals surface area (Å²) in [7, 11) is 1.66. The molecule has 17 heavy (non-hydrogen) atoms. The highest BCUT2D eigenvalue weighted by Gasteiger charge is 2.12. The van der Waals surface area contributed by atoms with Gasteiger partial charge in [-0.15, -0.1) is 0 Å². The molecule has 0 saturated heterocycles. The van der Waals surface area contributed by atoms with Crippen molar-refractivity contribution in [3.8, 4) is 5.75 Å². The molecule has 0 spiro atoms. The molecule has 1 aliphatic carbocycles. The molecule has 1 aromatic carbocycles. The molecule has 0 heterocycles. The van der Waals surface area contributed by atoms with Gasteiger partial charge in [-0.05, 0) is 24.5 Å². The Kier molecular flexibility index (Phi) is 4.26. The van der Waals surface area contributed by atoms with Crippen LogP contribution in [0, 0.1) is 0 Å². The van der Waals surface area contributed by atoms with Crippen LogP contribution in [0.15, 0.2) is 18.2 Å². The second-order valence-electron chi connectivity index (χ2n) is 4.78. The van der Waals surface area contributed by atoms with E-state index in [4.69, 9.17) is 10.5 Å². The smallest absolute Gasteiger partial charge is 0.120 e. The molecule has 1 aromatic rings. The van der Waals surface area contributed by atoms with E-state index in [2.05, 4.69) is 5.32 Å². The van der Waals surface area contributed by atoms with Crippen molar-refractivity contribution in [3.05, 3.63) is 23.8 Å². The van der Waals surface area contributed by atoms with Crippen molar-refractivity contribution in [1.82, 2.24) is 5.32 Å². The third kappa shape index (κ3) is 3.37. The van der Waals surface area contributed by atoms with Crippen LogP contribution >= 0.6 is 0 Å². The van der Waals surface area contributed by atoms with Gasteiger partial charge in [-0.25, -0.2) is 0 Å². The first-order valence-corrected chi connectivity index (χ1v) is 6.45. The lowest BCUT2D eigenvalue weighted by atomic mass is 9.95. The largest absolute Gasteiger partial charge is 0.497 e. The average Bonchev–Trinajstić information content (AvgIpc) is 2.38. The minimum atomic E-state index is 0.672. The van der Waals surface area contributed by atoms with Gasteiger partial charge in [0.15, 0.2) is 0 Å². The summed E-state index contributed by atoms with van der Waals surface area (Å²) in [5, 5.41) is 3.60. The van der Waals surface area contributed by atoms with Crippen LogP contribution in [0.2, 0.25) is 0 Å². The van der Waals surface area contributed by atoms with Crippen LogP contribution in [-0.4, -0.2) is 13.2 Å². The minimum absolute atomic E-state index is 0.672. The number of rotatable bonds is 4. The van der Waals surface area contributed by atoms with Gasteiger partial charge in [0, 0.05) is 24.3 Å². The summed E-state index contributed by atoms with van der Waals surface area (Å²) in [5.74, 6) is 0.823. The zero-order chi connectivity index (χ0) is 12.1. The van der Waals surface area contributed by atoms with E-state index in [1.165, 1.54) is 32.1 Å². The number of benzene rings is 1. The second kappa shape index (κ2) is 5.92. The summed E-state index contributed by atoms with van der Waals surface area (Å²) in [4.78, 5) is 0. The van der Waals surface area contributed by atoms with Crippen molar-refractivity contribution < 1.29 is 4.74 Å². The topological polar surface area (TPSA) is 47.3 Å². The van der Waals surface area contributed by atoms with E-state index in [1.54, 1.807) is 7.11 Å². The number of nitrogen functional groups attached to an aromatic ring is 1. The van der Waals surface area contributed by atoms with E-state index in [-0.39, 0.29) is 0 Å². The number of anilines is 1. The molecule has 0 bridgehead atoms. The van der Waals surface area contributed by atoms with Gasteiger partial charge in [-0.1, -0.05) is 25.3 Å². The fourth-order valence-electron chi connectivity index (χ4n) is 2.42. The third-order valence-corrected chi connectivity index (χ3v) is 3.54. The Morgan fingerprint density at radius 2 is 2.06 bits per heavy atom. The monoisotopic (exact) mass is 234 g/mol. The van der Waals surface area contributed by atoms with E-state index < -0.39 is 0 Å². The van der Waals surface area contributed by atoms with E-state index in [0.717, 1.165) is 23.5 Å². The first-order chi connectivity index (χ1) is 8.29. The number of methoxy groups -OCH3 is 1. The molecule has 3 N–H and O–H groups in total. The Morgan fingerprint density at radius 1 is 1.29 bits per heavy atom. The van der Waals surface area contributed by atoms with Crippen LogP contribution in [-0.2, 0) is 6.54 Å². The molecule has 3 heteroatoms. The molecule has 0 aromatic heterocycles. The summed E-state index contributed by atoms with van der Waals surface area (Å²) in [5.41, 5.74) is 7.97. The second-order valence-corrected chi connectivity index (χ2v) is 4.78. The molecular formula is C14H22N2O. The van der Waals surface area contributed by atoms with Gasteiger partial charge in [0.05, 0.1) is 7.11 Å². The predicted octanol–water partition coefficient (Wildman–Crippen LogP) is 2.70.